The molecular weight excluding hydrogens is 193 g/mol. The summed E-state index contributed by atoms with van der Waals surface area (Å²) >= 11 is 0. The number of aliphatic hydroxyl groups is 1. The summed E-state index contributed by atoms with van der Waals surface area (Å²) in [5.74, 6) is -0.964. The first-order valence-electron chi connectivity index (χ1n) is 4.92. The van der Waals surface area contributed by atoms with Crippen LogP contribution in [0.3, 0.4) is 0 Å². The zero-order chi connectivity index (χ0) is 11.5. The maximum Gasteiger partial charge on any atom is 0.123 e. The van der Waals surface area contributed by atoms with E-state index in [1.165, 1.54) is 18.2 Å². The molecule has 1 N–H and O–H groups in total. The Bertz CT molecular complexity index is 385. The molecule has 0 bridgehead atoms. The van der Waals surface area contributed by atoms with Crippen LogP contribution in [0.15, 0.2) is 24.3 Å². The fraction of sp³-hybridized carbons (Fsp3) is 0.417. The molecule has 0 saturated heterocycles. The van der Waals surface area contributed by atoms with Crippen molar-refractivity contribution >= 4 is 0 Å². The van der Waals surface area contributed by atoms with Crippen LogP contribution >= 0.6 is 0 Å². The zero-order valence-electron chi connectivity index (χ0n) is 8.87. The monoisotopic (exact) mass is 207 g/mol. The molecule has 0 radical (unpaired) electrons. The van der Waals surface area contributed by atoms with Crippen LogP contribution in [-0.2, 0) is 5.60 Å². The van der Waals surface area contributed by atoms with E-state index in [0.717, 1.165) is 0 Å². The van der Waals surface area contributed by atoms with E-state index in [2.05, 4.69) is 0 Å². The molecule has 0 aromatic heterocycles. The number of halogens is 1. The molecule has 1 rings (SSSR count). The summed E-state index contributed by atoms with van der Waals surface area (Å²) in [5.41, 5.74) is -0.810. The molecule has 3 heteroatoms. The molecule has 0 heterocycles. The van der Waals surface area contributed by atoms with Gasteiger partial charge >= 0.3 is 0 Å². The van der Waals surface area contributed by atoms with Crippen molar-refractivity contribution in [2.24, 2.45) is 5.92 Å². The van der Waals surface area contributed by atoms with Gasteiger partial charge < -0.3 is 5.11 Å². The second kappa shape index (κ2) is 4.41. The Balaban J connectivity index is 3.18. The van der Waals surface area contributed by atoms with E-state index < -0.39 is 17.3 Å². The van der Waals surface area contributed by atoms with Crippen molar-refractivity contribution < 1.29 is 9.50 Å². The average Bonchev–Trinajstić information content (AvgIpc) is 2.26. The summed E-state index contributed by atoms with van der Waals surface area (Å²) < 4.78 is 13.0. The summed E-state index contributed by atoms with van der Waals surface area (Å²) in [7, 11) is 0. The molecule has 0 fully saturated rings. The van der Waals surface area contributed by atoms with Crippen LogP contribution in [-0.4, -0.2) is 5.11 Å². The molecule has 0 aliphatic rings. The van der Waals surface area contributed by atoms with Gasteiger partial charge in [-0.3, -0.25) is 0 Å². The van der Waals surface area contributed by atoms with Crippen LogP contribution in [0.25, 0.3) is 0 Å². The van der Waals surface area contributed by atoms with E-state index in [1.807, 2.05) is 6.07 Å². The largest absolute Gasteiger partial charge is 0.384 e. The van der Waals surface area contributed by atoms with Crippen LogP contribution in [0, 0.1) is 23.1 Å². The van der Waals surface area contributed by atoms with Crippen molar-refractivity contribution in [2.45, 2.75) is 25.9 Å². The molecular formula is C12H14FNO. The van der Waals surface area contributed by atoms with Gasteiger partial charge in [0.15, 0.2) is 0 Å². The van der Waals surface area contributed by atoms with Gasteiger partial charge in [-0.15, -0.1) is 0 Å². The highest BCUT2D eigenvalue weighted by Crippen LogP contribution is 2.32. The van der Waals surface area contributed by atoms with Crippen LogP contribution in [0.1, 0.15) is 25.8 Å². The molecule has 15 heavy (non-hydrogen) atoms. The summed E-state index contributed by atoms with van der Waals surface area (Å²) in [5, 5.41) is 19.1. The Morgan fingerprint density at radius 3 is 2.73 bits per heavy atom. The normalized spacial score (nSPS) is 16.5. The molecule has 1 aromatic carbocycles. The average molecular weight is 207 g/mol. The molecule has 80 valence electrons. The van der Waals surface area contributed by atoms with Crippen LogP contribution < -0.4 is 0 Å². The van der Waals surface area contributed by atoms with E-state index in [1.54, 1.807) is 19.9 Å². The number of nitriles is 1. The minimum absolute atomic E-state index is 0.380. The van der Waals surface area contributed by atoms with Crippen molar-refractivity contribution in [3.8, 4) is 6.07 Å². The standard InChI is InChI=1S/C12H14FNO/c1-3-12(15,9(2)8-14)10-5-4-6-11(13)7-10/h4-7,9,15H,3H2,1-2H3. The van der Waals surface area contributed by atoms with E-state index in [4.69, 9.17) is 5.26 Å². The van der Waals surface area contributed by atoms with E-state index in [-0.39, 0.29) is 0 Å². The first kappa shape index (κ1) is 11.7. The van der Waals surface area contributed by atoms with Gasteiger partial charge in [-0.25, -0.2) is 4.39 Å². The number of rotatable bonds is 3. The van der Waals surface area contributed by atoms with Gasteiger partial charge in [0.25, 0.3) is 0 Å². The fourth-order valence-corrected chi connectivity index (χ4v) is 1.62. The maximum atomic E-state index is 13.0. The lowest BCUT2D eigenvalue weighted by atomic mass is 9.81. The second-order valence-corrected chi connectivity index (χ2v) is 3.64. The predicted octanol–water partition coefficient (Wildman–Crippen LogP) is 2.58. The summed E-state index contributed by atoms with van der Waals surface area (Å²) in [6.45, 7) is 3.41. The SMILES string of the molecule is CCC(O)(c1cccc(F)c1)C(C)C#N. The highest BCUT2D eigenvalue weighted by molar-refractivity contribution is 5.25. The Kier molecular flexibility index (Phi) is 3.43. The van der Waals surface area contributed by atoms with Gasteiger partial charge in [-0.05, 0) is 31.0 Å². The molecule has 2 unspecified atom stereocenters. The quantitative estimate of drug-likeness (QED) is 0.827. The highest BCUT2D eigenvalue weighted by atomic mass is 19.1. The predicted molar refractivity (Wildman–Crippen MR) is 55.4 cm³/mol. The van der Waals surface area contributed by atoms with E-state index >= 15 is 0 Å². The molecule has 0 aliphatic carbocycles. The number of benzene rings is 1. The molecule has 1 aromatic rings. The van der Waals surface area contributed by atoms with E-state index in [0.29, 0.717) is 12.0 Å². The summed E-state index contributed by atoms with van der Waals surface area (Å²) in [4.78, 5) is 0. The Morgan fingerprint density at radius 2 is 2.27 bits per heavy atom. The van der Waals surface area contributed by atoms with Crippen LogP contribution in [0.4, 0.5) is 4.39 Å². The minimum atomic E-state index is -1.27. The third-order valence-corrected chi connectivity index (χ3v) is 2.77. The van der Waals surface area contributed by atoms with Crippen LogP contribution in [0.2, 0.25) is 0 Å². The molecule has 0 amide bonds. The van der Waals surface area contributed by atoms with Crippen molar-refractivity contribution in [1.29, 1.82) is 5.26 Å². The topological polar surface area (TPSA) is 44.0 Å². The molecule has 2 atom stereocenters. The van der Waals surface area contributed by atoms with Gasteiger partial charge in [0, 0.05) is 0 Å². The lowest BCUT2D eigenvalue weighted by molar-refractivity contribution is -0.000726. The smallest absolute Gasteiger partial charge is 0.123 e. The van der Waals surface area contributed by atoms with Gasteiger partial charge in [0.1, 0.15) is 11.4 Å². The third kappa shape index (κ3) is 2.16. The zero-order valence-corrected chi connectivity index (χ0v) is 8.87. The summed E-state index contributed by atoms with van der Waals surface area (Å²) in [6, 6.07) is 7.77. The maximum absolute atomic E-state index is 13.0. The lowest BCUT2D eigenvalue weighted by Gasteiger charge is -2.29. The summed E-state index contributed by atoms with van der Waals surface area (Å²) in [6.07, 6.45) is 0.380. The van der Waals surface area contributed by atoms with Crippen molar-refractivity contribution in [1.82, 2.24) is 0 Å². The number of hydrogen-bond acceptors (Lipinski definition) is 2. The van der Waals surface area contributed by atoms with Gasteiger partial charge in [0.2, 0.25) is 0 Å². The molecule has 0 saturated carbocycles. The lowest BCUT2D eigenvalue weighted by Crippen LogP contribution is -2.32. The Labute approximate surface area is 89.0 Å². The van der Waals surface area contributed by atoms with Crippen LogP contribution in [0.5, 0.6) is 0 Å². The highest BCUT2D eigenvalue weighted by Gasteiger charge is 2.34. The molecule has 0 spiro atoms. The second-order valence-electron chi connectivity index (χ2n) is 3.64. The van der Waals surface area contributed by atoms with Crippen molar-refractivity contribution in [2.75, 3.05) is 0 Å². The Hall–Kier alpha value is -1.40. The molecule has 2 nitrogen and oxygen atoms in total. The van der Waals surface area contributed by atoms with Gasteiger partial charge in [-0.2, -0.15) is 5.26 Å². The number of hydrogen-bond donors (Lipinski definition) is 1. The van der Waals surface area contributed by atoms with Gasteiger partial charge in [0.05, 0.1) is 12.0 Å². The molecule has 0 aliphatic heterocycles. The van der Waals surface area contributed by atoms with Crippen molar-refractivity contribution in [3.05, 3.63) is 35.6 Å². The van der Waals surface area contributed by atoms with Crippen molar-refractivity contribution in [3.63, 3.8) is 0 Å². The Morgan fingerprint density at radius 1 is 1.60 bits per heavy atom. The van der Waals surface area contributed by atoms with E-state index in [9.17, 15) is 9.50 Å². The minimum Gasteiger partial charge on any atom is -0.384 e. The fourth-order valence-electron chi connectivity index (χ4n) is 1.62. The third-order valence-electron chi connectivity index (χ3n) is 2.77. The first-order valence-corrected chi connectivity index (χ1v) is 4.92. The van der Waals surface area contributed by atoms with Gasteiger partial charge in [-0.1, -0.05) is 19.1 Å². The first-order chi connectivity index (χ1) is 7.04. The number of nitrogens with zero attached hydrogens (tertiary/aromatic N) is 1.